The second kappa shape index (κ2) is 8.20. The molecule has 7 nitrogen and oxygen atoms in total. The zero-order chi connectivity index (χ0) is 22.4. The Hall–Kier alpha value is -2.93. The first-order valence-corrected chi connectivity index (χ1v) is 11.4. The number of fused-ring (bicyclic) bond motifs is 2. The summed E-state index contributed by atoms with van der Waals surface area (Å²) in [5.41, 5.74) is 3.87. The Bertz CT molecular complexity index is 1220. The third-order valence-electron chi connectivity index (χ3n) is 6.46. The highest BCUT2D eigenvalue weighted by Gasteiger charge is 2.32. The maximum atomic E-state index is 13.3. The van der Waals surface area contributed by atoms with Crippen molar-refractivity contribution in [2.45, 2.75) is 45.6 Å². The second-order valence-electron chi connectivity index (χ2n) is 8.71. The van der Waals surface area contributed by atoms with Crippen LogP contribution in [0, 0.1) is 6.92 Å². The highest BCUT2D eigenvalue weighted by atomic mass is 35.5. The number of benzene rings is 1. The van der Waals surface area contributed by atoms with Gasteiger partial charge in [0.25, 0.3) is 11.8 Å². The van der Waals surface area contributed by atoms with E-state index in [1.807, 2.05) is 30.0 Å². The van der Waals surface area contributed by atoms with Crippen LogP contribution in [0.15, 0.2) is 28.8 Å². The summed E-state index contributed by atoms with van der Waals surface area (Å²) >= 11 is 6.68. The van der Waals surface area contributed by atoms with Gasteiger partial charge in [0.1, 0.15) is 5.76 Å². The standard InChI is InChI=1S/C24H25ClN4O3/c1-14-13-28(24(31)21-11-15(2)32-27-21)9-10-29(14)23(30)16-7-8-18-20(12-16)26-19-6-4-3-5-17(19)22(18)25/h7-8,11-12,14H,3-6,9-10,13H2,1-2H3/t14-/m0/s1. The van der Waals surface area contributed by atoms with Crippen molar-refractivity contribution in [3.8, 4) is 0 Å². The number of aromatic nitrogens is 2. The van der Waals surface area contributed by atoms with Crippen LogP contribution in [0.3, 0.4) is 0 Å². The molecule has 3 aromatic rings. The van der Waals surface area contributed by atoms with Gasteiger partial charge in [0.15, 0.2) is 5.69 Å². The fourth-order valence-electron chi connectivity index (χ4n) is 4.74. The second-order valence-corrected chi connectivity index (χ2v) is 9.09. The van der Waals surface area contributed by atoms with Crippen molar-refractivity contribution in [1.29, 1.82) is 0 Å². The number of piperazine rings is 1. The normalized spacial score (nSPS) is 18.7. The minimum atomic E-state index is -0.171. The number of hydrogen-bond donors (Lipinski definition) is 0. The van der Waals surface area contributed by atoms with E-state index in [1.54, 1.807) is 17.9 Å². The van der Waals surface area contributed by atoms with Crippen LogP contribution in [0.25, 0.3) is 10.9 Å². The van der Waals surface area contributed by atoms with E-state index in [0.29, 0.717) is 36.7 Å². The summed E-state index contributed by atoms with van der Waals surface area (Å²) in [6, 6.07) is 7.10. The number of amides is 2. The molecule has 3 heterocycles. The first-order chi connectivity index (χ1) is 15.4. The zero-order valence-electron chi connectivity index (χ0n) is 18.2. The third-order valence-corrected chi connectivity index (χ3v) is 6.89. The number of hydrogen-bond acceptors (Lipinski definition) is 5. The largest absolute Gasteiger partial charge is 0.361 e. The van der Waals surface area contributed by atoms with Crippen LogP contribution < -0.4 is 0 Å². The van der Waals surface area contributed by atoms with Gasteiger partial charge in [-0.05, 0) is 57.2 Å². The molecule has 0 N–H and O–H groups in total. The third kappa shape index (κ3) is 3.64. The fraction of sp³-hybridized carbons (Fsp3) is 0.417. The molecule has 0 spiro atoms. The van der Waals surface area contributed by atoms with Gasteiger partial charge in [0.2, 0.25) is 0 Å². The van der Waals surface area contributed by atoms with E-state index in [1.165, 1.54) is 0 Å². The lowest BCUT2D eigenvalue weighted by molar-refractivity contribution is 0.0409. The summed E-state index contributed by atoms with van der Waals surface area (Å²) in [7, 11) is 0. The Labute approximate surface area is 191 Å². The monoisotopic (exact) mass is 452 g/mol. The number of carbonyl (C=O) groups is 2. The van der Waals surface area contributed by atoms with E-state index in [9.17, 15) is 9.59 Å². The molecule has 1 aromatic carbocycles. The quantitative estimate of drug-likeness (QED) is 0.586. The number of aryl methyl sites for hydroxylation is 2. The molecule has 0 unspecified atom stereocenters. The van der Waals surface area contributed by atoms with Gasteiger partial charge >= 0.3 is 0 Å². The van der Waals surface area contributed by atoms with Crippen LogP contribution in [0.5, 0.6) is 0 Å². The number of nitrogens with zero attached hydrogens (tertiary/aromatic N) is 4. The molecule has 5 rings (SSSR count). The van der Waals surface area contributed by atoms with Gasteiger partial charge in [0, 0.05) is 48.4 Å². The van der Waals surface area contributed by atoms with Gasteiger partial charge in [-0.3, -0.25) is 14.6 Å². The lowest BCUT2D eigenvalue weighted by Crippen LogP contribution is -2.55. The molecule has 1 fully saturated rings. The van der Waals surface area contributed by atoms with Crippen molar-refractivity contribution >= 4 is 34.3 Å². The Kier molecular flexibility index (Phi) is 5.37. The molecule has 1 atom stereocenters. The van der Waals surface area contributed by atoms with Crippen molar-refractivity contribution in [3.05, 3.63) is 57.6 Å². The molecule has 166 valence electrons. The zero-order valence-corrected chi connectivity index (χ0v) is 19.0. The Morgan fingerprint density at radius 1 is 1.12 bits per heavy atom. The summed E-state index contributed by atoms with van der Waals surface area (Å²) in [4.78, 5) is 34.4. The van der Waals surface area contributed by atoms with E-state index in [2.05, 4.69) is 5.16 Å². The SMILES string of the molecule is Cc1cc(C(=O)N2CCN(C(=O)c3ccc4c(Cl)c5c(nc4c3)CCCC5)[C@@H](C)C2)no1. The minimum absolute atomic E-state index is 0.0561. The van der Waals surface area contributed by atoms with Gasteiger partial charge in [-0.1, -0.05) is 22.8 Å². The molecule has 0 saturated carbocycles. The first kappa shape index (κ1) is 20.9. The lowest BCUT2D eigenvalue weighted by Gasteiger charge is -2.39. The maximum absolute atomic E-state index is 13.3. The van der Waals surface area contributed by atoms with Crippen LogP contribution in [-0.4, -0.2) is 57.4 Å². The Morgan fingerprint density at radius 2 is 1.94 bits per heavy atom. The van der Waals surface area contributed by atoms with Gasteiger partial charge in [-0.2, -0.15) is 0 Å². The van der Waals surface area contributed by atoms with Crippen molar-refractivity contribution < 1.29 is 14.1 Å². The molecule has 1 aliphatic heterocycles. The predicted octanol–water partition coefficient (Wildman–Crippen LogP) is 4.05. The van der Waals surface area contributed by atoms with E-state index in [0.717, 1.165) is 52.9 Å². The summed E-state index contributed by atoms with van der Waals surface area (Å²) in [6.07, 6.45) is 4.15. The average molecular weight is 453 g/mol. The summed E-state index contributed by atoms with van der Waals surface area (Å²) in [5.74, 6) is 0.371. The smallest absolute Gasteiger partial charge is 0.276 e. The first-order valence-electron chi connectivity index (χ1n) is 11.1. The van der Waals surface area contributed by atoms with Crippen LogP contribution >= 0.6 is 11.6 Å². The van der Waals surface area contributed by atoms with E-state index in [-0.39, 0.29) is 17.9 Å². The highest BCUT2D eigenvalue weighted by molar-refractivity contribution is 6.36. The van der Waals surface area contributed by atoms with Gasteiger partial charge in [0.05, 0.1) is 10.5 Å². The predicted molar refractivity (Wildman–Crippen MR) is 121 cm³/mol. The molecule has 0 radical (unpaired) electrons. The molecule has 1 aliphatic carbocycles. The number of halogens is 1. The maximum Gasteiger partial charge on any atom is 0.276 e. The highest BCUT2D eigenvalue weighted by Crippen LogP contribution is 2.33. The number of carbonyl (C=O) groups excluding carboxylic acids is 2. The Morgan fingerprint density at radius 3 is 2.69 bits per heavy atom. The van der Waals surface area contributed by atoms with Gasteiger partial charge < -0.3 is 14.3 Å². The Balaban J connectivity index is 1.35. The van der Waals surface area contributed by atoms with Gasteiger partial charge in [-0.15, -0.1) is 0 Å². The van der Waals surface area contributed by atoms with Gasteiger partial charge in [-0.25, -0.2) is 0 Å². The van der Waals surface area contributed by atoms with E-state index in [4.69, 9.17) is 21.1 Å². The molecular formula is C24H25ClN4O3. The summed E-state index contributed by atoms with van der Waals surface area (Å²) in [5, 5.41) is 5.49. The van der Waals surface area contributed by atoms with Crippen LogP contribution in [-0.2, 0) is 12.8 Å². The summed E-state index contributed by atoms with van der Waals surface area (Å²) < 4.78 is 5.02. The topological polar surface area (TPSA) is 79.5 Å². The van der Waals surface area contributed by atoms with Crippen molar-refractivity contribution in [2.75, 3.05) is 19.6 Å². The van der Waals surface area contributed by atoms with Crippen LogP contribution in [0.4, 0.5) is 0 Å². The van der Waals surface area contributed by atoms with Crippen molar-refractivity contribution in [2.24, 2.45) is 0 Å². The molecule has 32 heavy (non-hydrogen) atoms. The molecule has 0 bridgehead atoms. The fourth-order valence-corrected chi connectivity index (χ4v) is 5.10. The van der Waals surface area contributed by atoms with E-state index < -0.39 is 0 Å². The lowest BCUT2D eigenvalue weighted by atomic mass is 9.94. The minimum Gasteiger partial charge on any atom is -0.361 e. The molecule has 8 heteroatoms. The molecule has 2 aliphatic rings. The molecular weight excluding hydrogens is 428 g/mol. The molecule has 2 aromatic heterocycles. The van der Waals surface area contributed by atoms with Crippen LogP contribution in [0.1, 0.15) is 57.6 Å². The molecule has 2 amide bonds. The molecule has 1 saturated heterocycles. The van der Waals surface area contributed by atoms with Crippen molar-refractivity contribution in [1.82, 2.24) is 19.9 Å². The average Bonchev–Trinajstić information content (AvgIpc) is 3.24. The van der Waals surface area contributed by atoms with Crippen LogP contribution in [0.2, 0.25) is 5.02 Å². The number of rotatable bonds is 2. The van der Waals surface area contributed by atoms with E-state index >= 15 is 0 Å². The summed E-state index contributed by atoms with van der Waals surface area (Å²) in [6.45, 7) is 5.06. The van der Waals surface area contributed by atoms with Crippen molar-refractivity contribution in [3.63, 3.8) is 0 Å². The number of pyridine rings is 1.